The third kappa shape index (κ3) is 2.36. The first-order valence-electron chi connectivity index (χ1n) is 9.85. The Labute approximate surface area is 168 Å². The Bertz CT molecular complexity index is 1360. The average Bonchev–Trinajstić information content (AvgIpc) is 3.49. The van der Waals surface area contributed by atoms with Crippen LogP contribution in [0.5, 0.6) is 0 Å². The van der Waals surface area contributed by atoms with Gasteiger partial charge in [-0.05, 0) is 44.4 Å². The predicted molar refractivity (Wildman–Crippen MR) is 108 cm³/mol. The SMILES string of the molecule is Cc1nc2cnc3c(ccn3S(=O)(=O)c3ccccc3)c2n1C1CC2CCC1O2. The van der Waals surface area contributed by atoms with E-state index >= 15 is 0 Å². The molecule has 8 heteroatoms. The molecule has 4 aromatic rings. The maximum absolute atomic E-state index is 13.2. The molecular formula is C21H20N4O3S. The summed E-state index contributed by atoms with van der Waals surface area (Å²) in [5.74, 6) is 0.911. The van der Waals surface area contributed by atoms with Gasteiger partial charge in [0.15, 0.2) is 5.65 Å². The van der Waals surface area contributed by atoms with Crippen molar-refractivity contribution in [2.24, 2.45) is 0 Å². The predicted octanol–water partition coefficient (Wildman–Crippen LogP) is 3.42. The zero-order valence-electron chi connectivity index (χ0n) is 15.9. The average molecular weight is 408 g/mol. The summed E-state index contributed by atoms with van der Waals surface area (Å²) >= 11 is 0. The maximum atomic E-state index is 13.2. The van der Waals surface area contributed by atoms with Gasteiger partial charge in [0.25, 0.3) is 10.0 Å². The minimum Gasteiger partial charge on any atom is -0.373 e. The van der Waals surface area contributed by atoms with Crippen LogP contribution in [0.4, 0.5) is 0 Å². The molecule has 2 fully saturated rings. The van der Waals surface area contributed by atoms with Crippen molar-refractivity contribution in [3.05, 3.63) is 54.6 Å². The summed E-state index contributed by atoms with van der Waals surface area (Å²) in [6.45, 7) is 2.00. The van der Waals surface area contributed by atoms with E-state index in [1.165, 1.54) is 3.97 Å². The molecule has 0 radical (unpaired) electrons. The van der Waals surface area contributed by atoms with Gasteiger partial charge in [-0.3, -0.25) is 0 Å². The first-order chi connectivity index (χ1) is 14.0. The smallest absolute Gasteiger partial charge is 0.269 e. The number of aromatic nitrogens is 4. The number of benzene rings is 1. The molecule has 1 aromatic carbocycles. The highest BCUT2D eigenvalue weighted by molar-refractivity contribution is 7.90. The van der Waals surface area contributed by atoms with Gasteiger partial charge in [0.2, 0.25) is 0 Å². The van der Waals surface area contributed by atoms with Crippen LogP contribution < -0.4 is 0 Å². The summed E-state index contributed by atoms with van der Waals surface area (Å²) in [4.78, 5) is 9.42. The number of fused-ring (bicyclic) bond motifs is 5. The van der Waals surface area contributed by atoms with E-state index in [4.69, 9.17) is 9.72 Å². The molecule has 2 aliphatic heterocycles. The van der Waals surface area contributed by atoms with E-state index < -0.39 is 10.0 Å². The molecule has 29 heavy (non-hydrogen) atoms. The van der Waals surface area contributed by atoms with Gasteiger partial charge in [-0.25, -0.2) is 22.4 Å². The summed E-state index contributed by atoms with van der Waals surface area (Å²) in [5.41, 5.74) is 2.15. The highest BCUT2D eigenvalue weighted by Crippen LogP contribution is 2.44. The molecule has 2 saturated heterocycles. The van der Waals surface area contributed by atoms with Gasteiger partial charge in [-0.1, -0.05) is 18.2 Å². The molecule has 3 aromatic heterocycles. The Balaban J connectivity index is 1.58. The third-order valence-corrected chi connectivity index (χ3v) is 7.89. The van der Waals surface area contributed by atoms with Crippen LogP contribution >= 0.6 is 0 Å². The fraction of sp³-hybridized carbons (Fsp3) is 0.333. The second-order valence-electron chi connectivity index (χ2n) is 7.86. The summed E-state index contributed by atoms with van der Waals surface area (Å²) in [6.07, 6.45) is 6.94. The Morgan fingerprint density at radius 2 is 1.97 bits per heavy atom. The van der Waals surface area contributed by atoms with Crippen molar-refractivity contribution >= 4 is 32.1 Å². The zero-order valence-corrected chi connectivity index (χ0v) is 16.7. The quantitative estimate of drug-likeness (QED) is 0.519. The number of imidazole rings is 1. The molecule has 0 amide bonds. The van der Waals surface area contributed by atoms with Crippen molar-refractivity contribution in [1.82, 2.24) is 18.5 Å². The maximum Gasteiger partial charge on any atom is 0.269 e. The number of aryl methyl sites for hydroxylation is 1. The second-order valence-corrected chi connectivity index (χ2v) is 9.68. The summed E-state index contributed by atoms with van der Waals surface area (Å²) in [5, 5.41) is 0.797. The number of hydrogen-bond donors (Lipinski definition) is 0. The van der Waals surface area contributed by atoms with Crippen LogP contribution in [0.2, 0.25) is 0 Å². The number of pyridine rings is 1. The molecule has 3 atom stereocenters. The molecule has 2 bridgehead atoms. The lowest BCUT2D eigenvalue weighted by atomic mass is 9.95. The molecular weight excluding hydrogens is 388 g/mol. The molecule has 3 unspecified atom stereocenters. The number of hydrogen-bond acceptors (Lipinski definition) is 5. The molecule has 0 spiro atoms. The Morgan fingerprint density at radius 1 is 1.14 bits per heavy atom. The standard InChI is InChI=1S/C21H20N4O3S/c1-13-23-17-12-22-21-16(20(17)25(13)18-11-14-7-8-19(18)28-14)9-10-24(21)29(26,27)15-5-3-2-4-6-15/h2-6,9-10,12,14,18-19H,7-8,11H2,1H3. The van der Waals surface area contributed by atoms with E-state index in [0.717, 1.165) is 41.5 Å². The van der Waals surface area contributed by atoms with Gasteiger partial charge in [0, 0.05) is 11.6 Å². The second kappa shape index (κ2) is 5.90. The lowest BCUT2D eigenvalue weighted by Crippen LogP contribution is -2.21. The topological polar surface area (TPSA) is 79.0 Å². The van der Waals surface area contributed by atoms with Gasteiger partial charge in [-0.15, -0.1) is 0 Å². The van der Waals surface area contributed by atoms with Crippen LogP contribution in [0.15, 0.2) is 53.7 Å². The first-order valence-corrected chi connectivity index (χ1v) is 11.3. The molecule has 0 aliphatic carbocycles. The van der Waals surface area contributed by atoms with Gasteiger partial charge in [0.05, 0.1) is 34.9 Å². The van der Waals surface area contributed by atoms with Crippen LogP contribution in [0.3, 0.4) is 0 Å². The first kappa shape index (κ1) is 17.2. The Morgan fingerprint density at radius 3 is 2.69 bits per heavy atom. The largest absolute Gasteiger partial charge is 0.373 e. The van der Waals surface area contributed by atoms with Crippen molar-refractivity contribution < 1.29 is 13.2 Å². The van der Waals surface area contributed by atoms with Crippen molar-refractivity contribution in [2.75, 3.05) is 0 Å². The number of ether oxygens (including phenoxy) is 1. The molecule has 0 saturated carbocycles. The molecule has 7 nitrogen and oxygen atoms in total. The van der Waals surface area contributed by atoms with Crippen LogP contribution in [0.1, 0.15) is 31.1 Å². The number of rotatable bonds is 3. The summed E-state index contributed by atoms with van der Waals surface area (Å²) < 4.78 is 35.9. The molecule has 0 N–H and O–H groups in total. The lowest BCUT2D eigenvalue weighted by molar-refractivity contribution is 0.0941. The van der Waals surface area contributed by atoms with E-state index in [-0.39, 0.29) is 17.0 Å². The van der Waals surface area contributed by atoms with Gasteiger partial charge >= 0.3 is 0 Å². The summed E-state index contributed by atoms with van der Waals surface area (Å²) in [7, 11) is -3.72. The fourth-order valence-electron chi connectivity index (χ4n) is 4.95. The highest BCUT2D eigenvalue weighted by atomic mass is 32.2. The Kier molecular flexibility index (Phi) is 3.49. The van der Waals surface area contributed by atoms with Crippen molar-refractivity contribution in [2.45, 2.75) is 49.3 Å². The van der Waals surface area contributed by atoms with E-state index in [2.05, 4.69) is 9.55 Å². The van der Waals surface area contributed by atoms with Gasteiger partial charge < -0.3 is 9.30 Å². The number of nitrogens with zero attached hydrogens (tertiary/aromatic N) is 4. The molecule has 148 valence electrons. The molecule has 5 heterocycles. The van der Waals surface area contributed by atoms with Crippen LogP contribution in [-0.2, 0) is 14.8 Å². The van der Waals surface area contributed by atoms with E-state index in [1.54, 1.807) is 42.7 Å². The van der Waals surface area contributed by atoms with E-state index in [0.29, 0.717) is 11.8 Å². The van der Waals surface area contributed by atoms with E-state index in [9.17, 15) is 8.42 Å². The van der Waals surface area contributed by atoms with Crippen LogP contribution in [-0.4, -0.2) is 39.1 Å². The van der Waals surface area contributed by atoms with E-state index in [1.807, 2.05) is 13.0 Å². The highest BCUT2D eigenvalue weighted by Gasteiger charge is 2.43. The monoisotopic (exact) mass is 408 g/mol. The lowest BCUT2D eigenvalue weighted by Gasteiger charge is -2.22. The minimum absolute atomic E-state index is 0.203. The molecule has 6 rings (SSSR count). The summed E-state index contributed by atoms with van der Waals surface area (Å²) in [6, 6.07) is 10.5. The van der Waals surface area contributed by atoms with Crippen LogP contribution in [0, 0.1) is 6.92 Å². The van der Waals surface area contributed by atoms with Gasteiger partial charge in [0.1, 0.15) is 11.3 Å². The minimum atomic E-state index is -3.72. The van der Waals surface area contributed by atoms with Crippen molar-refractivity contribution in [3.63, 3.8) is 0 Å². The normalized spacial score (nSPS) is 24.1. The van der Waals surface area contributed by atoms with Crippen LogP contribution in [0.25, 0.3) is 22.1 Å². The molecule has 2 aliphatic rings. The Hall–Kier alpha value is -2.71. The third-order valence-electron chi connectivity index (χ3n) is 6.21. The fourth-order valence-corrected chi connectivity index (χ4v) is 6.27. The van der Waals surface area contributed by atoms with Crippen molar-refractivity contribution in [3.8, 4) is 0 Å². The zero-order chi connectivity index (χ0) is 19.8. The van der Waals surface area contributed by atoms with Gasteiger partial charge in [-0.2, -0.15) is 0 Å². The van der Waals surface area contributed by atoms with Crippen molar-refractivity contribution in [1.29, 1.82) is 0 Å².